The summed E-state index contributed by atoms with van der Waals surface area (Å²) in [7, 11) is 9.71. The van der Waals surface area contributed by atoms with Crippen molar-refractivity contribution in [2.75, 3.05) is 89.0 Å². The Hall–Kier alpha value is -3.80. The molecule has 0 atom stereocenters. The van der Waals surface area contributed by atoms with E-state index in [0.29, 0.717) is 103 Å². The number of benzene rings is 5. The monoisotopic (exact) mass is 1650 g/mol. The van der Waals surface area contributed by atoms with Crippen LogP contribution in [0.2, 0.25) is 0 Å². The second-order valence-corrected chi connectivity index (χ2v) is 23.5. The zero-order chi connectivity index (χ0) is 73.7. The maximum absolute atomic E-state index is 11.4. The van der Waals surface area contributed by atoms with Gasteiger partial charge in [0.2, 0.25) is 0 Å². The molecule has 0 saturated carbocycles. The van der Waals surface area contributed by atoms with E-state index in [9.17, 15) is 48.9 Å². The van der Waals surface area contributed by atoms with E-state index in [1.165, 1.54) is 54.6 Å². The zero-order valence-corrected chi connectivity index (χ0v) is 70.1. The van der Waals surface area contributed by atoms with Crippen LogP contribution in [0, 0.1) is 34.6 Å². The minimum atomic E-state index is -4.06. The van der Waals surface area contributed by atoms with Gasteiger partial charge in [-0.15, -0.1) is 27.5 Å². The number of carbonyl (C=O) groups excluding carboxylic acids is 5. The number of aliphatic hydroxyl groups excluding tert-OH is 6. The molecule has 603 valence electrons. The molecule has 0 unspecified atom stereocenters. The number of allylic oxidation sites excluding steroid dienone is 3. The Kier molecular flexibility index (Phi) is 88.7. The fourth-order valence-electron chi connectivity index (χ4n) is 8.35. The van der Waals surface area contributed by atoms with E-state index in [4.69, 9.17) is 101 Å². The maximum atomic E-state index is 11.4. The molecule has 0 saturated heterocycles. The van der Waals surface area contributed by atoms with E-state index in [1.807, 2.05) is 33.8 Å². The van der Waals surface area contributed by atoms with Crippen LogP contribution in [0.25, 0.3) is 0 Å². The van der Waals surface area contributed by atoms with Crippen molar-refractivity contribution in [1.82, 2.24) is 0 Å². The number of methoxy groups -OCH3 is 9. The number of hydrogen-bond donors (Lipinski definition) is 10. The Morgan fingerprint density at radius 2 is 0.813 bits per heavy atom. The summed E-state index contributed by atoms with van der Waals surface area (Å²) in [5, 5.41) is 89.7. The predicted molar refractivity (Wildman–Crippen MR) is 412 cm³/mol. The van der Waals surface area contributed by atoms with Gasteiger partial charge in [-0.1, -0.05) is 59.4 Å². The van der Waals surface area contributed by atoms with E-state index in [-0.39, 0.29) is 288 Å². The Labute approximate surface area is 757 Å². The van der Waals surface area contributed by atoms with Gasteiger partial charge >= 0.3 is 132 Å². The predicted octanol–water partition coefficient (Wildman–Crippen LogP) is 2.22. The topological polar surface area (TPSA) is 429 Å². The molecule has 1 aliphatic carbocycles. The molecule has 35 heteroatoms. The Balaban J connectivity index is -0.0000000646. The minimum absolute atomic E-state index is 0. The summed E-state index contributed by atoms with van der Waals surface area (Å²) in [6, 6.07) is 9.84. The second-order valence-electron chi connectivity index (χ2n) is 19.5. The number of hydrogen-bond acceptors (Lipinski definition) is 27. The number of ether oxygens (including phenoxy) is 9. The third-order valence-electron chi connectivity index (χ3n) is 13.4. The van der Waals surface area contributed by atoms with E-state index in [2.05, 4.69) is 9.22 Å². The summed E-state index contributed by atoms with van der Waals surface area (Å²) in [6.45, 7) is 9.11. The van der Waals surface area contributed by atoms with Gasteiger partial charge in [0.25, 0.3) is 6.47 Å². The number of aliphatic hydroxyl groups is 6. The normalized spacial score (nSPS) is 10.2. The number of ketones is 2. The van der Waals surface area contributed by atoms with Crippen LogP contribution in [0.1, 0.15) is 151 Å². The van der Waals surface area contributed by atoms with E-state index >= 15 is 0 Å². The van der Waals surface area contributed by atoms with Gasteiger partial charge in [-0.2, -0.15) is 0 Å². The number of phenolic OH excluding ortho intramolecular Hbond substituents is 1. The first-order chi connectivity index (χ1) is 44.8. The summed E-state index contributed by atoms with van der Waals surface area (Å²) in [4.78, 5) is 55.3. The summed E-state index contributed by atoms with van der Waals surface area (Å²) in [5.74, 6) is 4.88. The van der Waals surface area contributed by atoms with Crippen molar-refractivity contribution in [2.24, 2.45) is 0 Å². The third-order valence-corrected chi connectivity index (χ3v) is 14.4. The van der Waals surface area contributed by atoms with Crippen molar-refractivity contribution >= 4 is 71.9 Å². The molecule has 6 rings (SSSR count). The average molecular weight is 1650 g/mol. The number of halogens is 2. The Morgan fingerprint density at radius 1 is 0.486 bits per heavy atom. The van der Waals surface area contributed by atoms with E-state index in [1.54, 1.807) is 59.6 Å². The fraction of sp³-hybridized carbons (Fsp3) is 0.458. The molecular weight excluding hydrogens is 1530 g/mol. The molecule has 3 radical (unpaired) electrons. The van der Waals surface area contributed by atoms with Crippen LogP contribution in [-0.4, -0.2) is 183 Å². The quantitative estimate of drug-likeness (QED) is 0.0126. The molecule has 0 fully saturated rings. The second kappa shape index (κ2) is 70.1. The molecule has 107 heavy (non-hydrogen) atoms. The molecule has 10 N–H and O–H groups in total. The molecule has 0 spiro atoms. The summed E-state index contributed by atoms with van der Waals surface area (Å²) >= 11 is 11.3. The first-order valence-corrected chi connectivity index (χ1v) is 31.1. The maximum Gasteiger partial charge on any atom is 1.00 e. The first-order valence-electron chi connectivity index (χ1n) is 27.4. The molecule has 0 bridgehead atoms. The zero-order valence-electron chi connectivity index (χ0n) is 61.5. The van der Waals surface area contributed by atoms with Gasteiger partial charge < -0.3 is 101 Å². The smallest absolute Gasteiger partial charge is 1.00 e. The summed E-state index contributed by atoms with van der Waals surface area (Å²) in [5.41, 5.74) is 8.88. The minimum Gasteiger partial charge on any atom is -1.00 e. The van der Waals surface area contributed by atoms with Gasteiger partial charge in [-0.3, -0.25) is 24.0 Å². The molecule has 5 aromatic rings. The Morgan fingerprint density at radius 3 is 1.10 bits per heavy atom. The van der Waals surface area contributed by atoms with Crippen molar-refractivity contribution in [2.45, 2.75) is 140 Å². The van der Waals surface area contributed by atoms with E-state index in [0.717, 1.165) is 51.6 Å². The molecule has 5 aromatic carbocycles. The molecule has 0 heterocycles. The SMILES string of the molecule is C.C.C.C.C.C.C.C.CC1=C(CO)C(=O)C(CCl)=CC1=O.COc1cc(C=O)c(O)c(CO)c1C.COc1cc(C=O)c(OC)c(CO)c1C.COc1cc(CCl)c(OC)c(CO)c1C.COc1cc(CO)c(OC)c(CO)c1C.COc1ccc(O)c(OC)c1C.CS(C)(=O)(O)OO.O=CO[O-].[B].[H-].[H-].[K+].[K+].[Na+]. The van der Waals surface area contributed by atoms with Gasteiger partial charge in [0.05, 0.1) is 127 Å². The molecule has 1 aliphatic rings. The number of carbonyl (C=O) groups is 5. The average Bonchev–Trinajstić information content (AvgIpc) is 0.835. The molecule has 0 aromatic heterocycles. The van der Waals surface area contributed by atoms with Crippen molar-refractivity contribution in [3.8, 4) is 63.2 Å². The van der Waals surface area contributed by atoms with E-state index < -0.39 is 16.2 Å². The van der Waals surface area contributed by atoms with Crippen LogP contribution < -0.4 is 180 Å². The Bertz CT molecular complexity index is 3430. The number of phenols is 2. The molecular formula is C72H121BCl2K2NaO28S. The summed E-state index contributed by atoms with van der Waals surface area (Å²) in [6.07, 6.45) is 4.23. The van der Waals surface area contributed by atoms with Gasteiger partial charge in [0.15, 0.2) is 35.6 Å². The van der Waals surface area contributed by atoms with Crippen LogP contribution in [0.3, 0.4) is 0 Å². The van der Waals surface area contributed by atoms with Crippen molar-refractivity contribution < 1.29 is 271 Å². The van der Waals surface area contributed by atoms with Gasteiger partial charge in [-0.25, -0.2) is 9.47 Å². The van der Waals surface area contributed by atoms with Crippen molar-refractivity contribution in [1.29, 1.82) is 0 Å². The number of Topliss-reactive ketones (excluding diaryl/α,β-unsaturated/α-hetero) is 1. The van der Waals surface area contributed by atoms with Crippen LogP contribution in [-0.2, 0) is 72.1 Å². The third kappa shape index (κ3) is 42.1. The standard InChI is InChI=1S/C11H15ClO3.C11H16O4.C11H14O4.C10H12O4.C9H9ClO3.C9H12O3.C2H8O4S.CH2O3.8CH4.B.2K.Na.2H/c3*1-7-9(6-13)11(15-3)8(5-12)4-10(7)14-2;1-6-8(5-12)10(13)7(4-11)3-9(6)14-2;1-5-7(4-11)9(13)6(3-10)2-8(5)12;1-6-8(11-2)5-4-7(10)9(6)12-3;1-7(2,4,5)6-3;2-1-4-3;;;;;;;;;;;;;;/h4,13H,5-6H2,1-3H3;4,12-13H,5-6H2,1-3H3;4-5,13H,6H2,1-3H3;3-4,12-13H,5H2,1-2H3;2,11H,3-4H2,1H3;4-5,10H,1-3H3;3H,1-2H3,(H,4,5);1,3H;8*1H4;;;;;;/q;;;;;;;;;;;;;;;;;3*+1;2*-1/p-1. The van der Waals surface area contributed by atoms with Crippen LogP contribution >= 0.6 is 23.2 Å². The number of rotatable bonds is 21. The molecule has 0 aliphatic heterocycles. The largest absolute Gasteiger partial charge is 1.00 e. The van der Waals surface area contributed by atoms with Crippen molar-refractivity contribution in [3.63, 3.8) is 0 Å². The van der Waals surface area contributed by atoms with Gasteiger partial charge in [0.1, 0.15) is 61.4 Å². The van der Waals surface area contributed by atoms with Crippen molar-refractivity contribution in [3.05, 3.63) is 132 Å². The van der Waals surface area contributed by atoms with Gasteiger partial charge in [0, 0.05) is 98.8 Å². The number of aromatic hydroxyl groups is 2. The first kappa shape index (κ1) is 135. The summed E-state index contributed by atoms with van der Waals surface area (Å²) < 4.78 is 67.8. The number of alkyl halides is 2. The van der Waals surface area contributed by atoms with Crippen LogP contribution in [0.15, 0.2) is 59.2 Å². The number of aldehydes is 2. The molecule has 28 nitrogen and oxygen atoms in total. The molecule has 0 amide bonds. The fourth-order valence-corrected chi connectivity index (χ4v) is 8.74. The van der Waals surface area contributed by atoms with Crippen LogP contribution in [0.5, 0.6) is 63.2 Å². The van der Waals surface area contributed by atoms with Gasteiger partial charge in [-0.05, 0) is 84.0 Å². The van der Waals surface area contributed by atoms with Crippen LogP contribution in [0.4, 0.5) is 0 Å².